The highest BCUT2D eigenvalue weighted by Gasteiger charge is 2.32. The van der Waals surface area contributed by atoms with E-state index < -0.39 is 22.0 Å². The molecule has 1 aromatic carbocycles. The largest absolute Gasteiger partial charge is 0.494 e. The molecule has 1 rings (SSSR count). The Morgan fingerprint density at radius 2 is 1.88 bits per heavy atom. The first kappa shape index (κ1) is 20.9. The summed E-state index contributed by atoms with van der Waals surface area (Å²) in [5.41, 5.74) is 0. The molecule has 0 fully saturated rings. The average molecular weight is 372 g/mol. The third kappa shape index (κ3) is 6.02. The second-order valence-corrected chi connectivity index (χ2v) is 7.32. The summed E-state index contributed by atoms with van der Waals surface area (Å²) in [6.45, 7) is 4.93. The van der Waals surface area contributed by atoms with Crippen LogP contribution >= 0.6 is 0 Å². The molecule has 0 saturated carbocycles. The number of ether oxygens (including phenoxy) is 1. The van der Waals surface area contributed by atoms with Crippen LogP contribution in [0.1, 0.15) is 27.2 Å². The molecule has 1 atom stereocenters. The molecule has 1 amide bonds. The highest BCUT2D eigenvalue weighted by molar-refractivity contribution is 7.89. The van der Waals surface area contributed by atoms with Crippen molar-refractivity contribution in [2.24, 2.45) is 0 Å². The minimum absolute atomic E-state index is 0.0177. The molecule has 2 N–H and O–H groups in total. The third-order valence-corrected chi connectivity index (χ3v) is 5.38. The fourth-order valence-electron chi connectivity index (χ4n) is 2.05. The first-order chi connectivity index (χ1) is 11.7. The van der Waals surface area contributed by atoms with Gasteiger partial charge in [0, 0.05) is 20.0 Å². The molecule has 0 aliphatic rings. The number of carboxylic acid groups (broad SMARTS) is 1. The van der Waals surface area contributed by atoms with Crippen molar-refractivity contribution >= 4 is 21.9 Å². The van der Waals surface area contributed by atoms with Gasteiger partial charge in [0.25, 0.3) is 0 Å². The minimum Gasteiger partial charge on any atom is -0.494 e. The number of hydrogen-bond acceptors (Lipinski definition) is 5. The standard InChI is InChI=1S/C16H24N2O6S/c1-4-11-24-14-5-7-15(8-6-14)25(22,23)18(12(2)16(20)21)10-9-17-13(3)19/h5-8,12H,4,9-11H2,1-3H3,(H,17,19)(H,20,21). The van der Waals surface area contributed by atoms with Gasteiger partial charge in [0.05, 0.1) is 11.5 Å². The number of nitrogens with zero attached hydrogens (tertiary/aromatic N) is 1. The summed E-state index contributed by atoms with van der Waals surface area (Å²) in [5.74, 6) is -1.05. The maximum Gasteiger partial charge on any atom is 0.321 e. The number of rotatable bonds is 10. The van der Waals surface area contributed by atoms with Gasteiger partial charge in [0.1, 0.15) is 11.8 Å². The predicted molar refractivity (Wildman–Crippen MR) is 91.9 cm³/mol. The summed E-state index contributed by atoms with van der Waals surface area (Å²) < 4.78 is 31.8. The van der Waals surface area contributed by atoms with Crippen molar-refractivity contribution in [3.05, 3.63) is 24.3 Å². The fraction of sp³-hybridized carbons (Fsp3) is 0.500. The molecule has 0 saturated heterocycles. The summed E-state index contributed by atoms with van der Waals surface area (Å²) in [4.78, 5) is 22.2. The van der Waals surface area contributed by atoms with Gasteiger partial charge < -0.3 is 15.2 Å². The molecule has 8 nitrogen and oxygen atoms in total. The zero-order valence-corrected chi connectivity index (χ0v) is 15.4. The lowest BCUT2D eigenvalue weighted by atomic mass is 10.3. The molecule has 25 heavy (non-hydrogen) atoms. The summed E-state index contributed by atoms with van der Waals surface area (Å²) >= 11 is 0. The lowest BCUT2D eigenvalue weighted by Gasteiger charge is -2.25. The van der Waals surface area contributed by atoms with Gasteiger partial charge in [-0.2, -0.15) is 4.31 Å². The van der Waals surface area contributed by atoms with Crippen molar-refractivity contribution in [2.75, 3.05) is 19.7 Å². The number of hydrogen-bond donors (Lipinski definition) is 2. The van der Waals surface area contributed by atoms with Gasteiger partial charge in [-0.3, -0.25) is 9.59 Å². The van der Waals surface area contributed by atoms with Crippen LogP contribution in [-0.2, 0) is 19.6 Å². The molecule has 0 aromatic heterocycles. The van der Waals surface area contributed by atoms with Crippen molar-refractivity contribution in [3.8, 4) is 5.75 Å². The average Bonchev–Trinajstić information content (AvgIpc) is 2.56. The summed E-state index contributed by atoms with van der Waals surface area (Å²) in [5, 5.41) is 11.7. The van der Waals surface area contributed by atoms with Crippen LogP contribution in [0.5, 0.6) is 5.75 Å². The fourth-order valence-corrected chi connectivity index (χ4v) is 3.64. The van der Waals surface area contributed by atoms with Gasteiger partial charge in [-0.1, -0.05) is 6.92 Å². The molecule has 0 radical (unpaired) electrons. The maximum absolute atomic E-state index is 12.8. The Hall–Kier alpha value is -2.13. The quantitative estimate of drug-likeness (QED) is 0.635. The number of carboxylic acids is 1. The van der Waals surface area contributed by atoms with Crippen molar-refractivity contribution in [3.63, 3.8) is 0 Å². The van der Waals surface area contributed by atoms with E-state index in [0.29, 0.717) is 12.4 Å². The maximum atomic E-state index is 12.8. The van der Waals surface area contributed by atoms with Crippen LogP contribution in [0.2, 0.25) is 0 Å². The molecule has 0 heterocycles. The van der Waals surface area contributed by atoms with Crippen molar-refractivity contribution < 1.29 is 27.9 Å². The lowest BCUT2D eigenvalue weighted by molar-refractivity contribution is -0.140. The van der Waals surface area contributed by atoms with Crippen molar-refractivity contribution in [1.82, 2.24) is 9.62 Å². The van der Waals surface area contributed by atoms with Gasteiger partial charge >= 0.3 is 5.97 Å². The Morgan fingerprint density at radius 1 is 1.28 bits per heavy atom. The number of amides is 1. The molecule has 0 spiro atoms. The summed E-state index contributed by atoms with van der Waals surface area (Å²) in [7, 11) is -4.03. The van der Waals surface area contributed by atoms with Crippen molar-refractivity contribution in [1.29, 1.82) is 0 Å². The van der Waals surface area contributed by atoms with E-state index in [1.54, 1.807) is 0 Å². The van der Waals surface area contributed by atoms with E-state index in [4.69, 9.17) is 4.74 Å². The molecular formula is C16H24N2O6S. The van der Waals surface area contributed by atoms with E-state index in [1.807, 2.05) is 6.92 Å². The first-order valence-corrected chi connectivity index (χ1v) is 9.36. The molecule has 1 aromatic rings. The SMILES string of the molecule is CCCOc1ccc(S(=O)(=O)N(CCNC(C)=O)C(C)C(=O)O)cc1. The number of benzene rings is 1. The topological polar surface area (TPSA) is 113 Å². The Morgan fingerprint density at radius 3 is 2.36 bits per heavy atom. The van der Waals surface area contributed by atoms with E-state index >= 15 is 0 Å². The molecular weight excluding hydrogens is 348 g/mol. The van der Waals surface area contributed by atoms with E-state index in [2.05, 4.69) is 5.32 Å². The Balaban J connectivity index is 3.04. The second-order valence-electron chi connectivity index (χ2n) is 5.43. The molecule has 140 valence electrons. The van der Waals surface area contributed by atoms with Gasteiger partial charge in [0.2, 0.25) is 15.9 Å². The Labute approximate surface area is 147 Å². The summed E-state index contributed by atoms with van der Waals surface area (Å²) in [6.07, 6.45) is 0.826. The zero-order valence-electron chi connectivity index (χ0n) is 14.6. The second kappa shape index (κ2) is 9.38. The molecule has 0 aliphatic heterocycles. The Bertz CT molecular complexity index is 687. The van der Waals surface area contributed by atoms with Gasteiger partial charge in [-0.25, -0.2) is 8.42 Å². The highest BCUT2D eigenvalue weighted by Crippen LogP contribution is 2.21. The van der Waals surface area contributed by atoms with Crippen LogP contribution in [-0.4, -0.2) is 55.4 Å². The molecule has 1 unspecified atom stereocenters. The van der Waals surface area contributed by atoms with Crippen molar-refractivity contribution in [2.45, 2.75) is 38.1 Å². The number of carbonyl (C=O) groups is 2. The number of carbonyl (C=O) groups excluding carboxylic acids is 1. The summed E-state index contributed by atoms with van der Waals surface area (Å²) in [6, 6.07) is 4.54. The molecule has 0 bridgehead atoms. The number of nitrogens with one attached hydrogen (secondary N) is 1. The first-order valence-electron chi connectivity index (χ1n) is 7.92. The van der Waals surface area contributed by atoms with E-state index in [1.165, 1.54) is 38.1 Å². The highest BCUT2D eigenvalue weighted by atomic mass is 32.2. The molecule has 0 aliphatic carbocycles. The molecule has 9 heteroatoms. The minimum atomic E-state index is -4.03. The number of sulfonamides is 1. The van der Waals surface area contributed by atoms with Crippen LogP contribution < -0.4 is 10.1 Å². The van der Waals surface area contributed by atoms with E-state index in [9.17, 15) is 23.1 Å². The van der Waals surface area contributed by atoms with Gasteiger partial charge in [-0.15, -0.1) is 0 Å². The lowest BCUT2D eigenvalue weighted by Crippen LogP contribution is -2.46. The smallest absolute Gasteiger partial charge is 0.321 e. The van der Waals surface area contributed by atoms with Crippen LogP contribution in [0, 0.1) is 0 Å². The van der Waals surface area contributed by atoms with Gasteiger partial charge in [-0.05, 0) is 37.6 Å². The number of aliphatic carboxylic acids is 1. The zero-order chi connectivity index (χ0) is 19.0. The monoisotopic (exact) mass is 372 g/mol. The predicted octanol–water partition coefficient (Wildman–Crippen LogP) is 1.08. The van der Waals surface area contributed by atoms with Crippen LogP contribution in [0.3, 0.4) is 0 Å². The van der Waals surface area contributed by atoms with Crippen LogP contribution in [0.4, 0.5) is 0 Å². The third-order valence-electron chi connectivity index (χ3n) is 3.40. The van der Waals surface area contributed by atoms with E-state index in [0.717, 1.165) is 10.7 Å². The van der Waals surface area contributed by atoms with E-state index in [-0.39, 0.29) is 23.9 Å². The van der Waals surface area contributed by atoms with Crippen LogP contribution in [0.25, 0.3) is 0 Å². The van der Waals surface area contributed by atoms with Gasteiger partial charge in [0.15, 0.2) is 0 Å². The van der Waals surface area contributed by atoms with Crippen LogP contribution in [0.15, 0.2) is 29.2 Å². The normalized spacial score (nSPS) is 12.6. The Kier molecular flexibility index (Phi) is 7.85.